The van der Waals surface area contributed by atoms with Gasteiger partial charge in [0, 0.05) is 5.69 Å². The molecule has 0 aromatic heterocycles. The summed E-state index contributed by atoms with van der Waals surface area (Å²) < 4.78 is 45.8. The molecule has 1 amide bonds. The molecule has 1 N–H and O–H groups in total. The van der Waals surface area contributed by atoms with Gasteiger partial charge in [0.15, 0.2) is 6.10 Å². The molecule has 1 atom stereocenters. The van der Waals surface area contributed by atoms with Crippen LogP contribution in [0.4, 0.5) is 18.9 Å². The fourth-order valence-electron chi connectivity index (χ4n) is 2.47. The highest BCUT2D eigenvalue weighted by Crippen LogP contribution is 2.28. The maximum Gasteiger partial charge on any atom is 0.573 e. The highest BCUT2D eigenvalue weighted by atomic mass is 19.4. The topological polar surface area (TPSA) is 47.6 Å². The third-order valence-corrected chi connectivity index (χ3v) is 3.57. The van der Waals surface area contributed by atoms with Gasteiger partial charge >= 0.3 is 6.36 Å². The molecule has 1 aliphatic heterocycles. The molecule has 2 aromatic rings. The smallest absolute Gasteiger partial charge is 0.480 e. The summed E-state index contributed by atoms with van der Waals surface area (Å²) in [4.78, 5) is 12.2. The van der Waals surface area contributed by atoms with E-state index in [-0.39, 0.29) is 11.7 Å². The number of hydrogen-bond acceptors (Lipinski definition) is 3. The Kier molecular flexibility index (Phi) is 4.33. The lowest BCUT2D eigenvalue weighted by Gasteiger charge is -2.25. The number of nitrogens with one attached hydrogen (secondary N) is 1. The molecule has 3 rings (SSSR count). The first-order valence-corrected chi connectivity index (χ1v) is 7.32. The summed E-state index contributed by atoms with van der Waals surface area (Å²) in [6.45, 7) is 0. The van der Waals surface area contributed by atoms with Crippen molar-refractivity contribution in [1.29, 1.82) is 0 Å². The lowest BCUT2D eigenvalue weighted by molar-refractivity contribution is -0.274. The highest BCUT2D eigenvalue weighted by Gasteiger charge is 2.31. The van der Waals surface area contributed by atoms with Crippen LogP contribution in [0.2, 0.25) is 0 Å². The molecule has 0 bridgehead atoms. The summed E-state index contributed by atoms with van der Waals surface area (Å²) in [6, 6.07) is 12.5. The predicted octanol–water partition coefficient (Wildman–Crippen LogP) is 3.92. The average molecular weight is 337 g/mol. The van der Waals surface area contributed by atoms with E-state index in [4.69, 9.17) is 4.74 Å². The minimum absolute atomic E-state index is 0.339. The molecule has 0 aliphatic carbocycles. The lowest BCUT2D eigenvalue weighted by atomic mass is 10.0. The first-order valence-electron chi connectivity index (χ1n) is 7.32. The summed E-state index contributed by atoms with van der Waals surface area (Å²) in [5, 5.41) is 2.63. The molecule has 126 valence electrons. The van der Waals surface area contributed by atoms with E-state index in [1.165, 1.54) is 12.1 Å². The molecule has 1 aliphatic rings. The van der Waals surface area contributed by atoms with Crippen LogP contribution in [0.15, 0.2) is 48.5 Å². The van der Waals surface area contributed by atoms with Crippen molar-refractivity contribution in [2.75, 3.05) is 5.32 Å². The number of aryl methyl sites for hydroxylation is 1. The van der Waals surface area contributed by atoms with Crippen molar-refractivity contribution in [2.24, 2.45) is 0 Å². The van der Waals surface area contributed by atoms with E-state index in [0.29, 0.717) is 17.9 Å². The van der Waals surface area contributed by atoms with Gasteiger partial charge in [-0.15, -0.1) is 13.2 Å². The number of alkyl halides is 3. The molecule has 7 heteroatoms. The minimum Gasteiger partial charge on any atom is -0.480 e. The van der Waals surface area contributed by atoms with Gasteiger partial charge in [-0.1, -0.05) is 18.2 Å². The van der Waals surface area contributed by atoms with Gasteiger partial charge in [-0.2, -0.15) is 0 Å². The molecule has 4 nitrogen and oxygen atoms in total. The Bertz CT molecular complexity index is 729. The molecule has 0 saturated carbocycles. The molecular weight excluding hydrogens is 323 g/mol. The Morgan fingerprint density at radius 1 is 1.12 bits per heavy atom. The van der Waals surface area contributed by atoms with Crippen molar-refractivity contribution >= 4 is 11.6 Å². The molecular formula is C17H14F3NO3. The van der Waals surface area contributed by atoms with E-state index >= 15 is 0 Å². The molecule has 1 heterocycles. The van der Waals surface area contributed by atoms with Gasteiger partial charge in [0.25, 0.3) is 5.91 Å². The van der Waals surface area contributed by atoms with Crippen molar-refractivity contribution in [3.05, 3.63) is 54.1 Å². The fourth-order valence-corrected chi connectivity index (χ4v) is 2.47. The van der Waals surface area contributed by atoms with Crippen molar-refractivity contribution in [2.45, 2.75) is 25.3 Å². The Morgan fingerprint density at radius 2 is 1.83 bits per heavy atom. The Balaban J connectivity index is 1.61. The number of benzene rings is 2. The van der Waals surface area contributed by atoms with Crippen molar-refractivity contribution in [3.63, 3.8) is 0 Å². The number of hydrogen-bond donors (Lipinski definition) is 1. The maximum atomic E-state index is 12.2. The summed E-state index contributed by atoms with van der Waals surface area (Å²) in [7, 11) is 0. The van der Waals surface area contributed by atoms with Crippen LogP contribution in [-0.4, -0.2) is 18.4 Å². The summed E-state index contributed by atoms with van der Waals surface area (Å²) in [5.41, 5.74) is 1.42. The predicted molar refractivity (Wildman–Crippen MR) is 80.9 cm³/mol. The van der Waals surface area contributed by atoms with E-state index in [9.17, 15) is 18.0 Å². The average Bonchev–Trinajstić information content (AvgIpc) is 2.55. The van der Waals surface area contributed by atoms with Gasteiger partial charge in [-0.25, -0.2) is 0 Å². The van der Waals surface area contributed by atoms with Crippen LogP contribution in [0.25, 0.3) is 0 Å². The lowest BCUT2D eigenvalue weighted by Crippen LogP contribution is -2.35. The molecule has 2 aromatic carbocycles. The number of halogens is 3. The van der Waals surface area contributed by atoms with Gasteiger partial charge < -0.3 is 14.8 Å². The third-order valence-electron chi connectivity index (χ3n) is 3.57. The first kappa shape index (κ1) is 16.2. The zero-order valence-corrected chi connectivity index (χ0v) is 12.5. The second kappa shape index (κ2) is 6.43. The number of anilines is 1. The Hall–Kier alpha value is -2.70. The van der Waals surface area contributed by atoms with Gasteiger partial charge in [-0.3, -0.25) is 4.79 Å². The van der Waals surface area contributed by atoms with Crippen LogP contribution in [-0.2, 0) is 11.2 Å². The van der Waals surface area contributed by atoms with Gasteiger partial charge in [0.2, 0.25) is 0 Å². The van der Waals surface area contributed by atoms with E-state index in [1.54, 1.807) is 6.07 Å². The minimum atomic E-state index is -4.74. The molecule has 0 spiro atoms. The summed E-state index contributed by atoms with van der Waals surface area (Å²) >= 11 is 0. The van der Waals surface area contributed by atoms with Crippen LogP contribution >= 0.6 is 0 Å². The third kappa shape index (κ3) is 3.98. The zero-order chi connectivity index (χ0) is 17.2. The van der Waals surface area contributed by atoms with E-state index < -0.39 is 12.5 Å². The fraction of sp³-hybridized carbons (Fsp3) is 0.235. The molecule has 1 unspecified atom stereocenters. The zero-order valence-electron chi connectivity index (χ0n) is 12.5. The van der Waals surface area contributed by atoms with Crippen LogP contribution in [0, 0.1) is 0 Å². The Labute approximate surface area is 136 Å². The first-order chi connectivity index (χ1) is 11.4. The van der Waals surface area contributed by atoms with Crippen molar-refractivity contribution in [1.82, 2.24) is 0 Å². The van der Waals surface area contributed by atoms with Crippen LogP contribution in [0.1, 0.15) is 12.0 Å². The maximum absolute atomic E-state index is 12.2. The highest BCUT2D eigenvalue weighted by molar-refractivity contribution is 5.94. The normalized spacial score (nSPS) is 16.7. The Morgan fingerprint density at radius 3 is 2.54 bits per heavy atom. The molecule has 0 saturated heterocycles. The number of rotatable bonds is 3. The van der Waals surface area contributed by atoms with Crippen LogP contribution in [0.5, 0.6) is 11.5 Å². The summed E-state index contributed by atoms with van der Waals surface area (Å²) in [5.74, 6) is -0.00448. The van der Waals surface area contributed by atoms with E-state index in [0.717, 1.165) is 24.1 Å². The SMILES string of the molecule is O=C(Nc1ccc(OC(F)(F)F)cc1)C1CCc2ccccc2O1. The number of para-hydroxylation sites is 1. The van der Waals surface area contributed by atoms with Gasteiger partial charge in [0.05, 0.1) is 0 Å². The van der Waals surface area contributed by atoms with Gasteiger partial charge in [0.1, 0.15) is 11.5 Å². The number of fused-ring (bicyclic) bond motifs is 1. The quantitative estimate of drug-likeness (QED) is 0.923. The number of carbonyl (C=O) groups is 1. The van der Waals surface area contributed by atoms with E-state index in [1.807, 2.05) is 18.2 Å². The van der Waals surface area contributed by atoms with Crippen molar-refractivity contribution in [3.8, 4) is 11.5 Å². The van der Waals surface area contributed by atoms with Crippen LogP contribution < -0.4 is 14.8 Å². The number of carbonyl (C=O) groups excluding carboxylic acids is 1. The largest absolute Gasteiger partial charge is 0.573 e. The number of ether oxygens (including phenoxy) is 2. The van der Waals surface area contributed by atoms with Crippen LogP contribution in [0.3, 0.4) is 0 Å². The van der Waals surface area contributed by atoms with Gasteiger partial charge in [-0.05, 0) is 48.7 Å². The molecule has 24 heavy (non-hydrogen) atoms. The second-order valence-electron chi connectivity index (χ2n) is 5.31. The monoisotopic (exact) mass is 337 g/mol. The second-order valence-corrected chi connectivity index (χ2v) is 5.31. The van der Waals surface area contributed by atoms with E-state index in [2.05, 4.69) is 10.1 Å². The molecule has 0 fully saturated rings. The number of amides is 1. The standard InChI is InChI=1S/C17H14F3NO3/c18-17(19,20)24-13-8-6-12(7-9-13)21-16(22)15-10-5-11-3-1-2-4-14(11)23-15/h1-4,6-9,15H,5,10H2,(H,21,22). The van der Waals surface area contributed by atoms with Crippen molar-refractivity contribution < 1.29 is 27.4 Å². The summed E-state index contributed by atoms with van der Waals surface area (Å²) in [6.07, 6.45) is -4.11. The molecule has 0 radical (unpaired) electrons.